The molecule has 0 aromatic heterocycles. The van der Waals surface area contributed by atoms with Crippen LogP contribution in [0.4, 0.5) is 13.2 Å². The number of halogens is 3. The van der Waals surface area contributed by atoms with Crippen LogP contribution in [0.15, 0.2) is 12.1 Å². The molecular formula is C11H8F3NO3. The molecule has 0 saturated heterocycles. The van der Waals surface area contributed by atoms with E-state index in [2.05, 4.69) is 4.74 Å². The SMILES string of the molecule is CCOC(=O)c1cc(C#N)cc(O)c1C(F)(F)F. The normalized spacial score (nSPS) is 10.8. The second kappa shape index (κ2) is 4.96. The van der Waals surface area contributed by atoms with Crippen LogP contribution in [0.2, 0.25) is 0 Å². The zero-order chi connectivity index (χ0) is 13.9. The van der Waals surface area contributed by atoms with Crippen molar-refractivity contribution in [1.29, 1.82) is 5.26 Å². The summed E-state index contributed by atoms with van der Waals surface area (Å²) in [4.78, 5) is 11.4. The van der Waals surface area contributed by atoms with Gasteiger partial charge >= 0.3 is 12.1 Å². The van der Waals surface area contributed by atoms with E-state index in [-0.39, 0.29) is 12.2 Å². The van der Waals surface area contributed by atoms with Gasteiger partial charge in [0.15, 0.2) is 0 Å². The molecule has 0 aliphatic heterocycles. The average Bonchev–Trinajstić information content (AvgIpc) is 2.26. The maximum Gasteiger partial charge on any atom is 0.420 e. The Balaban J connectivity index is 3.50. The zero-order valence-electron chi connectivity index (χ0n) is 9.21. The molecule has 0 bridgehead atoms. The van der Waals surface area contributed by atoms with Crippen LogP contribution in [0.25, 0.3) is 0 Å². The maximum atomic E-state index is 12.7. The Bertz CT molecular complexity index is 517. The molecule has 1 N–H and O–H groups in total. The molecule has 0 aliphatic carbocycles. The highest BCUT2D eigenvalue weighted by Crippen LogP contribution is 2.39. The third-order valence-electron chi connectivity index (χ3n) is 2.03. The molecule has 0 atom stereocenters. The number of hydrogen-bond donors (Lipinski definition) is 1. The first-order valence-corrected chi connectivity index (χ1v) is 4.82. The van der Waals surface area contributed by atoms with Crippen molar-refractivity contribution in [1.82, 2.24) is 0 Å². The molecule has 18 heavy (non-hydrogen) atoms. The molecule has 0 radical (unpaired) electrons. The van der Waals surface area contributed by atoms with Crippen LogP contribution in [-0.2, 0) is 10.9 Å². The smallest absolute Gasteiger partial charge is 0.420 e. The first-order valence-electron chi connectivity index (χ1n) is 4.82. The van der Waals surface area contributed by atoms with Gasteiger partial charge in [0.2, 0.25) is 0 Å². The van der Waals surface area contributed by atoms with E-state index in [4.69, 9.17) is 5.26 Å². The monoisotopic (exact) mass is 259 g/mol. The molecule has 0 fully saturated rings. The maximum absolute atomic E-state index is 12.7. The third kappa shape index (κ3) is 2.71. The fourth-order valence-corrected chi connectivity index (χ4v) is 1.36. The van der Waals surface area contributed by atoms with E-state index in [1.807, 2.05) is 0 Å². The number of carbonyl (C=O) groups excluding carboxylic acids is 1. The fraction of sp³-hybridized carbons (Fsp3) is 0.273. The van der Waals surface area contributed by atoms with Gasteiger partial charge in [0.25, 0.3) is 0 Å². The Morgan fingerprint density at radius 2 is 2.11 bits per heavy atom. The molecule has 96 valence electrons. The van der Waals surface area contributed by atoms with Crippen molar-refractivity contribution in [2.45, 2.75) is 13.1 Å². The van der Waals surface area contributed by atoms with E-state index in [9.17, 15) is 23.1 Å². The van der Waals surface area contributed by atoms with Crippen LogP contribution >= 0.6 is 0 Å². The highest BCUT2D eigenvalue weighted by molar-refractivity contribution is 5.92. The molecule has 0 heterocycles. The number of phenols is 1. The second-order valence-corrected chi connectivity index (χ2v) is 3.25. The predicted molar refractivity (Wildman–Crippen MR) is 53.8 cm³/mol. The summed E-state index contributed by atoms with van der Waals surface area (Å²) in [5.41, 5.74) is -2.63. The zero-order valence-corrected chi connectivity index (χ0v) is 9.21. The predicted octanol–water partition coefficient (Wildman–Crippen LogP) is 2.46. The van der Waals surface area contributed by atoms with Gasteiger partial charge in [0, 0.05) is 0 Å². The largest absolute Gasteiger partial charge is 0.507 e. The molecule has 0 saturated carbocycles. The topological polar surface area (TPSA) is 70.3 Å². The lowest BCUT2D eigenvalue weighted by Crippen LogP contribution is -2.15. The van der Waals surface area contributed by atoms with Crippen LogP contribution in [-0.4, -0.2) is 17.7 Å². The van der Waals surface area contributed by atoms with Crippen LogP contribution < -0.4 is 0 Å². The van der Waals surface area contributed by atoms with Gasteiger partial charge in [-0.3, -0.25) is 0 Å². The number of rotatable bonds is 2. The summed E-state index contributed by atoms with van der Waals surface area (Å²) in [6, 6.07) is 2.93. The number of aromatic hydroxyl groups is 1. The summed E-state index contributed by atoms with van der Waals surface area (Å²) in [6.45, 7) is 1.31. The number of phenolic OH excluding ortho intramolecular Hbond substituents is 1. The fourth-order valence-electron chi connectivity index (χ4n) is 1.36. The minimum absolute atomic E-state index is 0.117. The summed E-state index contributed by atoms with van der Waals surface area (Å²) < 4.78 is 42.5. The number of hydrogen-bond acceptors (Lipinski definition) is 4. The lowest BCUT2D eigenvalue weighted by molar-refractivity contribution is -0.139. The van der Waals surface area contributed by atoms with E-state index in [1.54, 1.807) is 6.07 Å². The van der Waals surface area contributed by atoms with Gasteiger partial charge in [-0.05, 0) is 19.1 Å². The first kappa shape index (κ1) is 13.8. The quantitative estimate of drug-likeness (QED) is 0.828. The summed E-state index contributed by atoms with van der Waals surface area (Å²) in [6.07, 6.45) is -4.92. The number of esters is 1. The Labute approximate surface area is 100 Å². The van der Waals surface area contributed by atoms with E-state index in [0.29, 0.717) is 6.07 Å². The van der Waals surface area contributed by atoms with Crippen LogP contribution in [0, 0.1) is 11.3 Å². The lowest BCUT2D eigenvalue weighted by atomic mass is 10.0. The summed E-state index contributed by atoms with van der Waals surface area (Å²) in [5, 5.41) is 17.9. The molecule has 4 nitrogen and oxygen atoms in total. The van der Waals surface area contributed by atoms with Crippen LogP contribution in [0.5, 0.6) is 5.75 Å². The van der Waals surface area contributed by atoms with E-state index in [0.717, 1.165) is 6.07 Å². The van der Waals surface area contributed by atoms with E-state index >= 15 is 0 Å². The minimum Gasteiger partial charge on any atom is -0.507 e. The lowest BCUT2D eigenvalue weighted by Gasteiger charge is -2.13. The van der Waals surface area contributed by atoms with Crippen molar-refractivity contribution >= 4 is 5.97 Å². The molecule has 0 amide bonds. The molecular weight excluding hydrogens is 251 g/mol. The Morgan fingerprint density at radius 3 is 2.56 bits per heavy atom. The number of benzene rings is 1. The second-order valence-electron chi connectivity index (χ2n) is 3.25. The van der Waals surface area contributed by atoms with Crippen LogP contribution in [0.3, 0.4) is 0 Å². The van der Waals surface area contributed by atoms with Crippen molar-refractivity contribution in [2.75, 3.05) is 6.61 Å². The molecule has 0 unspecified atom stereocenters. The van der Waals surface area contributed by atoms with Crippen LogP contribution in [0.1, 0.15) is 28.4 Å². The standard InChI is InChI=1S/C11H8F3NO3/c1-2-18-10(17)7-3-6(5-15)4-8(16)9(7)11(12,13)14/h3-4,16H,2H2,1H3. The number of nitrogens with zero attached hydrogens (tertiary/aromatic N) is 1. The van der Waals surface area contributed by atoms with Gasteiger partial charge in [-0.2, -0.15) is 18.4 Å². The summed E-state index contributed by atoms with van der Waals surface area (Å²) in [7, 11) is 0. The van der Waals surface area contributed by atoms with Crippen molar-refractivity contribution in [3.05, 3.63) is 28.8 Å². The number of nitriles is 1. The highest BCUT2D eigenvalue weighted by Gasteiger charge is 2.39. The van der Waals surface area contributed by atoms with Crippen molar-refractivity contribution in [2.24, 2.45) is 0 Å². The Morgan fingerprint density at radius 1 is 1.50 bits per heavy atom. The molecule has 1 aromatic rings. The van der Waals surface area contributed by atoms with E-state index in [1.165, 1.54) is 6.92 Å². The number of carbonyl (C=O) groups is 1. The molecule has 0 aliphatic rings. The van der Waals surface area contributed by atoms with Crippen molar-refractivity contribution < 1.29 is 27.8 Å². The van der Waals surface area contributed by atoms with Gasteiger partial charge in [-0.15, -0.1) is 0 Å². The summed E-state index contributed by atoms with van der Waals surface area (Å²) in [5.74, 6) is -2.41. The van der Waals surface area contributed by atoms with E-state index < -0.39 is 29.0 Å². The third-order valence-corrected chi connectivity index (χ3v) is 2.03. The number of alkyl halides is 3. The Hall–Kier alpha value is -2.23. The van der Waals surface area contributed by atoms with Gasteiger partial charge in [0.05, 0.1) is 23.8 Å². The van der Waals surface area contributed by atoms with Gasteiger partial charge in [0.1, 0.15) is 11.3 Å². The van der Waals surface area contributed by atoms with Gasteiger partial charge in [-0.1, -0.05) is 0 Å². The highest BCUT2D eigenvalue weighted by atomic mass is 19.4. The minimum atomic E-state index is -4.92. The van der Waals surface area contributed by atoms with Crippen molar-refractivity contribution in [3.63, 3.8) is 0 Å². The molecule has 0 spiro atoms. The molecule has 1 rings (SSSR count). The average molecular weight is 259 g/mol. The van der Waals surface area contributed by atoms with Gasteiger partial charge < -0.3 is 9.84 Å². The molecule has 1 aromatic carbocycles. The molecule has 7 heteroatoms. The first-order chi connectivity index (χ1) is 8.31. The summed E-state index contributed by atoms with van der Waals surface area (Å²) >= 11 is 0. The number of ether oxygens (including phenoxy) is 1. The van der Waals surface area contributed by atoms with Gasteiger partial charge in [-0.25, -0.2) is 4.79 Å². The Kier molecular flexibility index (Phi) is 3.81. The van der Waals surface area contributed by atoms with Crippen molar-refractivity contribution in [3.8, 4) is 11.8 Å².